The Morgan fingerprint density at radius 1 is 1.00 bits per heavy atom. The Labute approximate surface area is 164 Å². The number of ether oxygens (including phenoxy) is 1. The van der Waals surface area contributed by atoms with Gasteiger partial charge in [-0.2, -0.15) is 0 Å². The maximum absolute atomic E-state index is 12.4. The van der Waals surface area contributed by atoms with Gasteiger partial charge >= 0.3 is 5.97 Å². The molecule has 1 fully saturated rings. The number of benzene rings is 2. The molecule has 3 aromatic rings. The molecule has 4 heteroatoms. The van der Waals surface area contributed by atoms with Gasteiger partial charge in [0.2, 0.25) is 5.76 Å². The third-order valence-corrected chi connectivity index (χ3v) is 5.67. The number of rotatable bonds is 5. The minimum absolute atomic E-state index is 0.154. The molecule has 1 aliphatic carbocycles. The third kappa shape index (κ3) is 3.72. The molecule has 2 aromatic carbocycles. The van der Waals surface area contributed by atoms with Crippen LogP contribution in [-0.4, -0.2) is 18.4 Å². The van der Waals surface area contributed by atoms with Crippen LogP contribution in [0.15, 0.2) is 52.9 Å². The molecule has 0 spiro atoms. The highest BCUT2D eigenvalue weighted by Crippen LogP contribution is 2.32. The van der Waals surface area contributed by atoms with E-state index in [2.05, 4.69) is 0 Å². The number of Topliss-reactive ketones (excluding diaryl/α,β-unsaturated/α-hetero) is 1. The first-order valence-electron chi connectivity index (χ1n) is 9.92. The molecule has 0 radical (unpaired) electrons. The van der Waals surface area contributed by atoms with Crippen LogP contribution in [0.3, 0.4) is 0 Å². The van der Waals surface area contributed by atoms with Crippen LogP contribution >= 0.6 is 0 Å². The Kier molecular flexibility index (Phi) is 5.29. The smallest absolute Gasteiger partial charge is 0.375 e. The Balaban J connectivity index is 1.39. The topological polar surface area (TPSA) is 56.5 Å². The van der Waals surface area contributed by atoms with Gasteiger partial charge < -0.3 is 9.15 Å². The maximum atomic E-state index is 12.4. The van der Waals surface area contributed by atoms with E-state index in [0.29, 0.717) is 17.1 Å². The molecule has 1 saturated carbocycles. The average Bonchev–Trinajstić information content (AvgIpc) is 3.09. The van der Waals surface area contributed by atoms with Gasteiger partial charge in [-0.1, -0.05) is 61.7 Å². The van der Waals surface area contributed by atoms with Gasteiger partial charge in [-0.3, -0.25) is 4.79 Å². The molecule has 1 aromatic heterocycles. The van der Waals surface area contributed by atoms with Crippen molar-refractivity contribution >= 4 is 22.7 Å². The van der Waals surface area contributed by atoms with E-state index in [4.69, 9.17) is 9.15 Å². The largest absolute Gasteiger partial charge is 0.451 e. The number of carbonyl (C=O) groups excluding carboxylic acids is 2. The van der Waals surface area contributed by atoms with Gasteiger partial charge in [0.15, 0.2) is 12.4 Å². The molecular formula is C24H24O4. The zero-order chi connectivity index (χ0) is 19.5. The second-order valence-corrected chi connectivity index (χ2v) is 7.51. The Bertz CT molecular complexity index is 991. The van der Waals surface area contributed by atoms with Crippen molar-refractivity contribution in [2.24, 2.45) is 0 Å². The molecule has 4 nitrogen and oxygen atoms in total. The summed E-state index contributed by atoms with van der Waals surface area (Å²) in [5.41, 5.74) is 3.22. The van der Waals surface area contributed by atoms with Crippen LogP contribution < -0.4 is 0 Å². The first kappa shape index (κ1) is 18.5. The fourth-order valence-electron chi connectivity index (χ4n) is 4.03. The summed E-state index contributed by atoms with van der Waals surface area (Å²) in [5, 5.41) is 0.874. The van der Waals surface area contributed by atoms with Gasteiger partial charge in [-0.25, -0.2) is 4.79 Å². The molecule has 0 saturated heterocycles. The first-order chi connectivity index (χ1) is 13.6. The lowest BCUT2D eigenvalue weighted by Gasteiger charge is -2.22. The lowest BCUT2D eigenvalue weighted by molar-refractivity contribution is 0.0445. The van der Waals surface area contributed by atoms with Crippen LogP contribution in [-0.2, 0) is 4.74 Å². The predicted molar refractivity (Wildman–Crippen MR) is 108 cm³/mol. The summed E-state index contributed by atoms with van der Waals surface area (Å²) in [7, 11) is 0. The highest BCUT2D eigenvalue weighted by molar-refractivity contribution is 6.00. The lowest BCUT2D eigenvalue weighted by atomic mass is 9.84. The number of ketones is 1. The predicted octanol–water partition coefficient (Wildman–Crippen LogP) is 5.83. The fourth-order valence-corrected chi connectivity index (χ4v) is 4.03. The zero-order valence-electron chi connectivity index (χ0n) is 16.1. The minimum Gasteiger partial charge on any atom is -0.451 e. The molecular weight excluding hydrogens is 352 g/mol. The Morgan fingerprint density at radius 2 is 1.71 bits per heavy atom. The van der Waals surface area contributed by atoms with Gasteiger partial charge in [0.1, 0.15) is 5.58 Å². The molecule has 4 rings (SSSR count). The number of aryl methyl sites for hydroxylation is 1. The van der Waals surface area contributed by atoms with Gasteiger partial charge in [0, 0.05) is 16.5 Å². The molecule has 0 bridgehead atoms. The van der Waals surface area contributed by atoms with Crippen molar-refractivity contribution in [3.63, 3.8) is 0 Å². The Hall–Kier alpha value is -2.88. The number of fused-ring (bicyclic) bond motifs is 1. The summed E-state index contributed by atoms with van der Waals surface area (Å²) in [6, 6.07) is 15.2. The van der Waals surface area contributed by atoms with Crippen molar-refractivity contribution in [2.75, 3.05) is 6.61 Å². The zero-order valence-corrected chi connectivity index (χ0v) is 16.1. The van der Waals surface area contributed by atoms with Crippen LogP contribution in [0.4, 0.5) is 0 Å². The van der Waals surface area contributed by atoms with Crippen LogP contribution in [0.25, 0.3) is 11.0 Å². The van der Waals surface area contributed by atoms with Crippen molar-refractivity contribution < 1.29 is 18.7 Å². The van der Waals surface area contributed by atoms with Crippen LogP contribution in [0, 0.1) is 6.92 Å². The van der Waals surface area contributed by atoms with E-state index in [1.165, 1.54) is 37.7 Å². The van der Waals surface area contributed by atoms with Crippen LogP contribution in [0.5, 0.6) is 0 Å². The summed E-state index contributed by atoms with van der Waals surface area (Å²) in [6.07, 6.45) is 6.33. The second-order valence-electron chi connectivity index (χ2n) is 7.51. The number of carbonyl (C=O) groups is 2. The lowest BCUT2D eigenvalue weighted by Crippen LogP contribution is -2.14. The molecule has 0 aliphatic heterocycles. The molecule has 0 N–H and O–H groups in total. The van der Waals surface area contributed by atoms with E-state index >= 15 is 0 Å². The quantitative estimate of drug-likeness (QED) is 0.415. The summed E-state index contributed by atoms with van der Waals surface area (Å²) in [5.74, 6) is -0.0633. The molecule has 1 aliphatic rings. The number of esters is 1. The van der Waals surface area contributed by atoms with Crippen LogP contribution in [0.1, 0.15) is 70.1 Å². The monoisotopic (exact) mass is 376 g/mol. The first-order valence-corrected chi connectivity index (χ1v) is 9.92. The molecule has 0 unspecified atom stereocenters. The molecule has 144 valence electrons. The van der Waals surface area contributed by atoms with Gasteiger partial charge in [-0.05, 0) is 37.3 Å². The molecule has 0 atom stereocenters. The van der Waals surface area contributed by atoms with Crippen molar-refractivity contribution in [1.82, 2.24) is 0 Å². The van der Waals surface area contributed by atoms with Crippen molar-refractivity contribution in [3.8, 4) is 0 Å². The molecule has 1 heterocycles. The van der Waals surface area contributed by atoms with Gasteiger partial charge in [0.05, 0.1) is 0 Å². The van der Waals surface area contributed by atoms with Crippen LogP contribution in [0.2, 0.25) is 0 Å². The van der Waals surface area contributed by atoms with Gasteiger partial charge in [-0.15, -0.1) is 0 Å². The summed E-state index contributed by atoms with van der Waals surface area (Å²) in [4.78, 5) is 24.8. The number of furan rings is 1. The van der Waals surface area contributed by atoms with Crippen molar-refractivity contribution in [3.05, 3.63) is 71.0 Å². The highest BCUT2D eigenvalue weighted by Gasteiger charge is 2.20. The Morgan fingerprint density at radius 3 is 2.43 bits per heavy atom. The van der Waals surface area contributed by atoms with Gasteiger partial charge in [0.25, 0.3) is 0 Å². The van der Waals surface area contributed by atoms with Crippen molar-refractivity contribution in [2.45, 2.75) is 44.9 Å². The third-order valence-electron chi connectivity index (χ3n) is 5.67. The number of hydrogen-bond donors (Lipinski definition) is 0. The van der Waals surface area contributed by atoms with E-state index in [9.17, 15) is 9.59 Å². The minimum atomic E-state index is -0.610. The van der Waals surface area contributed by atoms with E-state index in [1.807, 2.05) is 49.4 Å². The maximum Gasteiger partial charge on any atom is 0.375 e. The SMILES string of the molecule is Cc1c(C(=O)OCC(=O)c2ccc(C3CCCCC3)cc2)oc2ccccc12. The number of hydrogen-bond acceptors (Lipinski definition) is 4. The van der Waals surface area contributed by atoms with E-state index in [-0.39, 0.29) is 18.2 Å². The van der Waals surface area contributed by atoms with E-state index in [0.717, 1.165) is 10.9 Å². The highest BCUT2D eigenvalue weighted by atomic mass is 16.5. The van der Waals surface area contributed by atoms with Crippen molar-refractivity contribution in [1.29, 1.82) is 0 Å². The fraction of sp³-hybridized carbons (Fsp3) is 0.333. The summed E-state index contributed by atoms with van der Waals surface area (Å²) in [6.45, 7) is 1.52. The average molecular weight is 376 g/mol. The normalized spacial score (nSPS) is 14.9. The molecule has 28 heavy (non-hydrogen) atoms. The van der Waals surface area contributed by atoms with E-state index < -0.39 is 5.97 Å². The standard InChI is InChI=1S/C24H24O4/c1-16-20-9-5-6-10-22(20)28-23(16)24(26)27-15-21(25)19-13-11-18(12-14-19)17-7-3-2-4-8-17/h5-6,9-14,17H,2-4,7-8,15H2,1H3. The number of para-hydroxylation sites is 1. The second kappa shape index (κ2) is 8.01. The molecule has 0 amide bonds. The summed E-state index contributed by atoms with van der Waals surface area (Å²) >= 11 is 0. The summed E-state index contributed by atoms with van der Waals surface area (Å²) < 4.78 is 10.8. The van der Waals surface area contributed by atoms with E-state index in [1.54, 1.807) is 6.07 Å².